The topological polar surface area (TPSA) is 40.5 Å². The summed E-state index contributed by atoms with van der Waals surface area (Å²) in [6, 6.07) is 19.2. The summed E-state index contributed by atoms with van der Waals surface area (Å²) in [7, 11) is 0. The van der Waals surface area contributed by atoms with E-state index in [0.29, 0.717) is 6.54 Å². The van der Waals surface area contributed by atoms with Gasteiger partial charge in [-0.1, -0.05) is 72.8 Å². The Morgan fingerprint density at radius 2 is 1.80 bits per heavy atom. The van der Waals surface area contributed by atoms with Gasteiger partial charge in [-0.15, -0.1) is 0 Å². The summed E-state index contributed by atoms with van der Waals surface area (Å²) in [6.45, 7) is 6.48. The van der Waals surface area contributed by atoms with Gasteiger partial charge in [0.15, 0.2) is 0 Å². The van der Waals surface area contributed by atoms with Gasteiger partial charge >= 0.3 is 0 Å². The minimum Gasteiger partial charge on any atom is -0.394 e. The van der Waals surface area contributed by atoms with Crippen molar-refractivity contribution in [3.8, 4) is 0 Å². The third-order valence-electron chi connectivity index (χ3n) is 4.71. The molecule has 2 atom stereocenters. The van der Waals surface area contributed by atoms with Gasteiger partial charge in [-0.2, -0.15) is 0 Å². The van der Waals surface area contributed by atoms with E-state index in [1.165, 1.54) is 0 Å². The molecule has 0 bridgehead atoms. The number of hydrogen-bond donors (Lipinski definition) is 1. The molecule has 0 radical (unpaired) electrons. The molecular weight excluding hydrogens is 310 g/mol. The third kappa shape index (κ3) is 3.57. The normalized spacial score (nSPS) is 20.1. The Balaban J connectivity index is 1.97. The molecule has 128 valence electrons. The Morgan fingerprint density at radius 1 is 1.20 bits per heavy atom. The number of benzene rings is 2. The van der Waals surface area contributed by atoms with Crippen LogP contribution < -0.4 is 0 Å². The lowest BCUT2D eigenvalue weighted by Crippen LogP contribution is -2.32. The molecule has 3 rings (SSSR count). The summed E-state index contributed by atoms with van der Waals surface area (Å²) in [5.74, 6) is -0.0507. The molecule has 1 aliphatic heterocycles. The van der Waals surface area contributed by atoms with Gasteiger partial charge < -0.3 is 10.0 Å². The van der Waals surface area contributed by atoms with Crippen LogP contribution in [0.3, 0.4) is 0 Å². The number of rotatable bonds is 5. The lowest BCUT2D eigenvalue weighted by atomic mass is 9.94. The fraction of sp³-hybridized carbons (Fsp3) is 0.227. The number of aliphatic hydroxyl groups excluding tert-OH is 1. The molecule has 3 heteroatoms. The van der Waals surface area contributed by atoms with Crippen molar-refractivity contribution in [3.63, 3.8) is 0 Å². The van der Waals surface area contributed by atoms with Crippen LogP contribution in [0, 0.1) is 5.92 Å². The maximum Gasteiger partial charge on any atom is 0.251 e. The van der Waals surface area contributed by atoms with E-state index in [1.54, 1.807) is 4.90 Å². The average molecular weight is 333 g/mol. The van der Waals surface area contributed by atoms with Gasteiger partial charge in [0, 0.05) is 18.0 Å². The largest absolute Gasteiger partial charge is 0.394 e. The summed E-state index contributed by atoms with van der Waals surface area (Å²) < 4.78 is 0. The van der Waals surface area contributed by atoms with E-state index >= 15 is 0 Å². The number of aliphatic hydroxyl groups is 1. The van der Waals surface area contributed by atoms with Gasteiger partial charge in [-0.25, -0.2) is 0 Å². The number of likely N-dealkylation sites (tertiary alicyclic amines) is 1. The fourth-order valence-corrected chi connectivity index (χ4v) is 3.33. The molecule has 1 N–H and O–H groups in total. The second-order valence-electron chi connectivity index (χ2n) is 6.48. The van der Waals surface area contributed by atoms with Gasteiger partial charge in [0.05, 0.1) is 12.6 Å². The molecule has 3 nitrogen and oxygen atoms in total. The number of amides is 1. The molecule has 0 aliphatic carbocycles. The van der Waals surface area contributed by atoms with Crippen LogP contribution in [0.15, 0.2) is 78.4 Å². The van der Waals surface area contributed by atoms with Crippen molar-refractivity contribution in [1.82, 2.24) is 4.90 Å². The smallest absolute Gasteiger partial charge is 0.251 e. The third-order valence-corrected chi connectivity index (χ3v) is 4.71. The molecule has 2 aromatic rings. The van der Waals surface area contributed by atoms with Crippen LogP contribution in [0.1, 0.15) is 24.1 Å². The highest BCUT2D eigenvalue weighted by molar-refractivity contribution is 6.01. The molecule has 0 spiro atoms. The molecule has 0 aromatic heterocycles. The van der Waals surface area contributed by atoms with Crippen LogP contribution in [0.4, 0.5) is 0 Å². The molecule has 1 unspecified atom stereocenters. The SMILES string of the molecule is C=C(C)C1CN([C@H](CO)c2ccccc2)C(=O)/C1=C\c1ccccc1. The fourth-order valence-electron chi connectivity index (χ4n) is 3.33. The minimum atomic E-state index is -0.336. The summed E-state index contributed by atoms with van der Waals surface area (Å²) in [6.07, 6.45) is 1.95. The van der Waals surface area contributed by atoms with E-state index in [9.17, 15) is 9.90 Å². The first-order valence-corrected chi connectivity index (χ1v) is 8.50. The zero-order valence-corrected chi connectivity index (χ0v) is 14.4. The van der Waals surface area contributed by atoms with E-state index in [2.05, 4.69) is 6.58 Å². The quantitative estimate of drug-likeness (QED) is 0.667. The lowest BCUT2D eigenvalue weighted by molar-refractivity contribution is -0.127. The van der Waals surface area contributed by atoms with E-state index in [1.807, 2.05) is 73.7 Å². The molecule has 1 fully saturated rings. The van der Waals surface area contributed by atoms with Crippen molar-refractivity contribution in [2.24, 2.45) is 5.92 Å². The number of carbonyl (C=O) groups is 1. The van der Waals surface area contributed by atoms with Crippen LogP contribution in [-0.4, -0.2) is 29.1 Å². The van der Waals surface area contributed by atoms with Gasteiger partial charge in [0.25, 0.3) is 5.91 Å². The van der Waals surface area contributed by atoms with E-state index < -0.39 is 0 Å². The predicted molar refractivity (Wildman–Crippen MR) is 101 cm³/mol. The molecule has 2 aromatic carbocycles. The van der Waals surface area contributed by atoms with Gasteiger partial charge in [-0.3, -0.25) is 4.79 Å². The zero-order chi connectivity index (χ0) is 17.8. The van der Waals surface area contributed by atoms with Gasteiger partial charge in [0.1, 0.15) is 0 Å². The maximum absolute atomic E-state index is 13.1. The van der Waals surface area contributed by atoms with Crippen molar-refractivity contribution >= 4 is 12.0 Å². The van der Waals surface area contributed by atoms with Crippen LogP contribution >= 0.6 is 0 Å². The lowest BCUT2D eigenvalue weighted by Gasteiger charge is -2.26. The second kappa shape index (κ2) is 7.49. The number of carbonyl (C=O) groups excluding carboxylic acids is 1. The predicted octanol–water partition coefficient (Wildman–Crippen LogP) is 3.84. The first kappa shape index (κ1) is 17.2. The Labute approximate surface area is 148 Å². The van der Waals surface area contributed by atoms with Crippen molar-refractivity contribution in [2.45, 2.75) is 13.0 Å². The Bertz CT molecular complexity index is 780. The first-order chi connectivity index (χ1) is 12.1. The highest BCUT2D eigenvalue weighted by Crippen LogP contribution is 2.36. The molecule has 1 amide bonds. The zero-order valence-electron chi connectivity index (χ0n) is 14.4. The molecule has 25 heavy (non-hydrogen) atoms. The monoisotopic (exact) mass is 333 g/mol. The number of hydrogen-bond acceptors (Lipinski definition) is 2. The van der Waals surface area contributed by atoms with Gasteiger partial charge in [0.2, 0.25) is 0 Å². The summed E-state index contributed by atoms with van der Waals surface area (Å²) >= 11 is 0. The molecule has 1 heterocycles. The average Bonchev–Trinajstić information content (AvgIpc) is 2.95. The van der Waals surface area contributed by atoms with Crippen molar-refractivity contribution in [1.29, 1.82) is 0 Å². The summed E-state index contributed by atoms with van der Waals surface area (Å²) in [4.78, 5) is 14.9. The Hall–Kier alpha value is -2.65. The molecule has 1 aliphatic rings. The molecule has 1 saturated heterocycles. The van der Waals surface area contributed by atoms with E-state index in [-0.39, 0.29) is 24.5 Å². The van der Waals surface area contributed by atoms with E-state index in [4.69, 9.17) is 0 Å². The minimum absolute atomic E-state index is 0.0227. The van der Waals surface area contributed by atoms with Crippen LogP contribution in [0.2, 0.25) is 0 Å². The van der Waals surface area contributed by atoms with Crippen LogP contribution in [0.5, 0.6) is 0 Å². The second-order valence-corrected chi connectivity index (χ2v) is 6.48. The molecular formula is C22H23NO2. The van der Waals surface area contributed by atoms with E-state index in [0.717, 1.165) is 22.3 Å². The number of nitrogens with zero attached hydrogens (tertiary/aromatic N) is 1. The van der Waals surface area contributed by atoms with Gasteiger partial charge in [-0.05, 0) is 24.1 Å². The highest BCUT2D eigenvalue weighted by Gasteiger charge is 2.39. The summed E-state index contributed by atoms with van der Waals surface area (Å²) in [5, 5.41) is 9.92. The maximum atomic E-state index is 13.1. The van der Waals surface area contributed by atoms with Crippen molar-refractivity contribution < 1.29 is 9.90 Å². The first-order valence-electron chi connectivity index (χ1n) is 8.50. The standard InChI is InChI=1S/C22H23NO2/c1-16(2)20-14-23(21(15-24)18-11-7-4-8-12-18)22(25)19(20)13-17-9-5-3-6-10-17/h3-13,20-21,24H,1,14-15H2,2H3/b19-13-/t20?,21-/m1/s1. The highest BCUT2D eigenvalue weighted by atomic mass is 16.3. The summed E-state index contributed by atoms with van der Waals surface area (Å²) in [5.41, 5.74) is 3.65. The van der Waals surface area contributed by atoms with Crippen molar-refractivity contribution in [2.75, 3.05) is 13.2 Å². The molecule has 0 saturated carbocycles. The van der Waals surface area contributed by atoms with Crippen LogP contribution in [-0.2, 0) is 4.79 Å². The van der Waals surface area contributed by atoms with Crippen molar-refractivity contribution in [3.05, 3.63) is 89.5 Å². The Morgan fingerprint density at radius 3 is 2.36 bits per heavy atom. The van der Waals surface area contributed by atoms with Crippen LogP contribution in [0.25, 0.3) is 6.08 Å². The Kier molecular flexibility index (Phi) is 5.15.